The lowest BCUT2D eigenvalue weighted by molar-refractivity contribution is 0.383. The smallest absolute Gasteiger partial charge is 0.214 e. The molecule has 0 aliphatic carbocycles. The minimum absolute atomic E-state index is 0.146. The number of nitrogens with zero attached hydrogens (tertiary/aromatic N) is 3. The van der Waals surface area contributed by atoms with Crippen LogP contribution in [0.5, 0.6) is 0 Å². The van der Waals surface area contributed by atoms with Gasteiger partial charge in [0.1, 0.15) is 5.82 Å². The van der Waals surface area contributed by atoms with E-state index in [9.17, 15) is 8.42 Å². The Labute approximate surface area is 114 Å². The molecule has 1 aliphatic rings. The molecule has 0 unspecified atom stereocenters. The number of aromatic nitrogens is 1. The number of sulfonamides is 1. The van der Waals surface area contributed by atoms with Crippen molar-refractivity contribution in [1.29, 1.82) is 0 Å². The van der Waals surface area contributed by atoms with E-state index in [1.807, 2.05) is 18.2 Å². The van der Waals surface area contributed by atoms with Crippen LogP contribution >= 0.6 is 0 Å². The highest BCUT2D eigenvalue weighted by Crippen LogP contribution is 2.14. The minimum Gasteiger partial charge on any atom is -0.354 e. The first-order valence-electron chi connectivity index (χ1n) is 6.47. The highest BCUT2D eigenvalue weighted by Gasteiger charge is 2.26. The molecule has 1 aromatic rings. The van der Waals surface area contributed by atoms with Crippen molar-refractivity contribution in [1.82, 2.24) is 9.29 Å². The van der Waals surface area contributed by atoms with E-state index in [4.69, 9.17) is 5.73 Å². The zero-order valence-electron chi connectivity index (χ0n) is 10.9. The van der Waals surface area contributed by atoms with Crippen LogP contribution in [0.25, 0.3) is 0 Å². The maximum atomic E-state index is 12.0. The molecule has 1 aromatic heterocycles. The SMILES string of the molecule is NCCCS(=O)(=O)N1CCN(c2ccccn2)CC1. The van der Waals surface area contributed by atoms with Crippen molar-refractivity contribution in [3.8, 4) is 0 Å². The van der Waals surface area contributed by atoms with E-state index in [2.05, 4.69) is 9.88 Å². The van der Waals surface area contributed by atoms with Gasteiger partial charge in [0, 0.05) is 32.4 Å². The summed E-state index contributed by atoms with van der Waals surface area (Å²) in [6, 6.07) is 5.75. The van der Waals surface area contributed by atoms with E-state index in [0.717, 1.165) is 5.82 Å². The Morgan fingerprint density at radius 1 is 1.21 bits per heavy atom. The Bertz CT molecular complexity index is 484. The van der Waals surface area contributed by atoms with Gasteiger partial charge >= 0.3 is 0 Å². The van der Waals surface area contributed by atoms with Crippen LogP contribution in [-0.2, 0) is 10.0 Å². The first-order valence-corrected chi connectivity index (χ1v) is 8.08. The monoisotopic (exact) mass is 284 g/mol. The normalized spacial score (nSPS) is 17.6. The van der Waals surface area contributed by atoms with Crippen LogP contribution in [0.1, 0.15) is 6.42 Å². The van der Waals surface area contributed by atoms with Crippen molar-refractivity contribution in [2.45, 2.75) is 6.42 Å². The van der Waals surface area contributed by atoms with E-state index in [-0.39, 0.29) is 5.75 Å². The van der Waals surface area contributed by atoms with Crippen LogP contribution in [0, 0.1) is 0 Å². The van der Waals surface area contributed by atoms with Crippen molar-refractivity contribution in [3.05, 3.63) is 24.4 Å². The Morgan fingerprint density at radius 2 is 1.95 bits per heavy atom. The molecule has 106 valence electrons. The molecule has 2 N–H and O–H groups in total. The highest BCUT2D eigenvalue weighted by molar-refractivity contribution is 7.89. The molecule has 1 aliphatic heterocycles. The molecule has 2 heterocycles. The summed E-state index contributed by atoms with van der Waals surface area (Å²) < 4.78 is 25.6. The predicted octanol–water partition coefficient (Wildman–Crippen LogP) is -0.118. The number of hydrogen-bond donors (Lipinski definition) is 1. The van der Waals surface area contributed by atoms with Gasteiger partial charge in [0.15, 0.2) is 0 Å². The Hall–Kier alpha value is -1.18. The number of anilines is 1. The van der Waals surface area contributed by atoms with E-state index in [1.165, 1.54) is 0 Å². The van der Waals surface area contributed by atoms with Crippen molar-refractivity contribution in [2.75, 3.05) is 43.4 Å². The van der Waals surface area contributed by atoms with Gasteiger partial charge in [-0.25, -0.2) is 13.4 Å². The van der Waals surface area contributed by atoms with Crippen LogP contribution in [0.4, 0.5) is 5.82 Å². The summed E-state index contributed by atoms with van der Waals surface area (Å²) in [7, 11) is -3.14. The lowest BCUT2D eigenvalue weighted by atomic mass is 10.3. The van der Waals surface area contributed by atoms with Gasteiger partial charge in [-0.3, -0.25) is 0 Å². The van der Waals surface area contributed by atoms with Gasteiger partial charge in [-0.1, -0.05) is 6.07 Å². The van der Waals surface area contributed by atoms with Gasteiger partial charge in [-0.05, 0) is 25.1 Å². The van der Waals surface area contributed by atoms with Gasteiger partial charge in [-0.2, -0.15) is 4.31 Å². The topological polar surface area (TPSA) is 79.5 Å². The zero-order chi connectivity index (χ0) is 13.7. The molecule has 7 heteroatoms. The Morgan fingerprint density at radius 3 is 2.53 bits per heavy atom. The van der Waals surface area contributed by atoms with Gasteiger partial charge < -0.3 is 10.6 Å². The fraction of sp³-hybridized carbons (Fsp3) is 0.583. The maximum absolute atomic E-state index is 12.0. The maximum Gasteiger partial charge on any atom is 0.214 e. The van der Waals surface area contributed by atoms with Crippen molar-refractivity contribution >= 4 is 15.8 Å². The molecule has 19 heavy (non-hydrogen) atoms. The summed E-state index contributed by atoms with van der Waals surface area (Å²) >= 11 is 0. The molecule has 6 nitrogen and oxygen atoms in total. The molecule has 0 saturated carbocycles. The number of piperazine rings is 1. The first-order chi connectivity index (χ1) is 9.13. The summed E-state index contributed by atoms with van der Waals surface area (Å²) in [5.41, 5.74) is 5.36. The molecule has 1 saturated heterocycles. The molecule has 0 amide bonds. The summed E-state index contributed by atoms with van der Waals surface area (Å²) in [6.45, 7) is 2.80. The largest absolute Gasteiger partial charge is 0.354 e. The fourth-order valence-corrected chi connectivity index (χ4v) is 3.64. The molecular weight excluding hydrogens is 264 g/mol. The van der Waals surface area contributed by atoms with Crippen LogP contribution in [0.3, 0.4) is 0 Å². The van der Waals surface area contributed by atoms with Crippen LogP contribution in [0.2, 0.25) is 0 Å². The molecule has 1 fully saturated rings. The zero-order valence-corrected chi connectivity index (χ0v) is 11.7. The lowest BCUT2D eigenvalue weighted by Gasteiger charge is -2.34. The molecule has 0 spiro atoms. The van der Waals surface area contributed by atoms with E-state index in [0.29, 0.717) is 39.1 Å². The van der Waals surface area contributed by atoms with Crippen molar-refractivity contribution in [3.63, 3.8) is 0 Å². The molecule has 0 bridgehead atoms. The Kier molecular flexibility index (Phi) is 4.73. The number of pyridine rings is 1. The lowest BCUT2D eigenvalue weighted by Crippen LogP contribution is -2.49. The minimum atomic E-state index is -3.14. The Balaban J connectivity index is 1.92. The standard InChI is InChI=1S/C12H20N4O2S/c13-5-3-11-19(17,18)16-9-7-15(8-10-16)12-4-1-2-6-14-12/h1-2,4,6H,3,5,7-11,13H2. The predicted molar refractivity (Wildman–Crippen MR) is 75.5 cm³/mol. The third-order valence-electron chi connectivity index (χ3n) is 3.21. The third kappa shape index (κ3) is 3.65. The second kappa shape index (κ2) is 6.31. The van der Waals surface area contributed by atoms with Gasteiger partial charge in [0.2, 0.25) is 10.0 Å². The van der Waals surface area contributed by atoms with Gasteiger partial charge in [0.25, 0.3) is 0 Å². The molecule has 0 aromatic carbocycles. The molecule has 0 radical (unpaired) electrons. The second-order valence-corrected chi connectivity index (χ2v) is 6.62. The van der Waals surface area contributed by atoms with Crippen LogP contribution in [-0.4, -0.2) is 56.2 Å². The van der Waals surface area contributed by atoms with E-state index in [1.54, 1.807) is 10.5 Å². The first kappa shape index (κ1) is 14.2. The van der Waals surface area contributed by atoms with E-state index < -0.39 is 10.0 Å². The fourth-order valence-electron chi connectivity index (χ4n) is 2.13. The highest BCUT2D eigenvalue weighted by atomic mass is 32.2. The summed E-state index contributed by atoms with van der Waals surface area (Å²) in [4.78, 5) is 6.39. The number of hydrogen-bond acceptors (Lipinski definition) is 5. The number of nitrogens with two attached hydrogens (primary N) is 1. The van der Waals surface area contributed by atoms with Gasteiger partial charge in [-0.15, -0.1) is 0 Å². The van der Waals surface area contributed by atoms with Crippen molar-refractivity contribution < 1.29 is 8.42 Å². The quantitative estimate of drug-likeness (QED) is 0.815. The molecule has 2 rings (SSSR count). The summed E-state index contributed by atoms with van der Waals surface area (Å²) in [5.74, 6) is 1.05. The number of rotatable bonds is 5. The molecule has 0 atom stereocenters. The van der Waals surface area contributed by atoms with Crippen LogP contribution in [0.15, 0.2) is 24.4 Å². The van der Waals surface area contributed by atoms with Gasteiger partial charge in [0.05, 0.1) is 5.75 Å². The third-order valence-corrected chi connectivity index (χ3v) is 5.17. The average Bonchev–Trinajstić information content (AvgIpc) is 2.46. The average molecular weight is 284 g/mol. The summed E-state index contributed by atoms with van der Waals surface area (Å²) in [5, 5.41) is 0. The summed E-state index contributed by atoms with van der Waals surface area (Å²) in [6.07, 6.45) is 2.27. The van der Waals surface area contributed by atoms with Crippen LogP contribution < -0.4 is 10.6 Å². The molecular formula is C12H20N4O2S. The van der Waals surface area contributed by atoms with Crippen molar-refractivity contribution in [2.24, 2.45) is 5.73 Å². The van der Waals surface area contributed by atoms with E-state index >= 15 is 0 Å². The second-order valence-electron chi connectivity index (χ2n) is 4.53.